The maximum Gasteiger partial charge on any atom is 0.0429 e. The first-order valence-electron chi connectivity index (χ1n) is 5.84. The van der Waals surface area contributed by atoms with Crippen LogP contribution < -0.4 is 0 Å². The van der Waals surface area contributed by atoms with E-state index in [-0.39, 0.29) is 0 Å². The third-order valence-corrected chi connectivity index (χ3v) is 2.74. The van der Waals surface area contributed by atoms with Gasteiger partial charge in [-0.3, -0.25) is 9.88 Å². The normalized spacial score (nSPS) is 11.3. The highest BCUT2D eigenvalue weighted by Gasteiger charge is 2.03. The molecule has 84 valence electrons. The Morgan fingerprint density at radius 3 is 2.27 bits per heavy atom. The SMILES string of the molecule is CCN(CC)Cc1ccc(C(C)C)nc1. The van der Waals surface area contributed by atoms with E-state index in [4.69, 9.17) is 0 Å². The van der Waals surface area contributed by atoms with Gasteiger partial charge in [-0.15, -0.1) is 0 Å². The standard InChI is InChI=1S/C13H22N2/c1-5-15(6-2)10-12-7-8-13(11(3)4)14-9-12/h7-9,11H,5-6,10H2,1-4H3. The number of nitrogens with zero attached hydrogens (tertiary/aromatic N) is 2. The predicted molar refractivity (Wildman–Crippen MR) is 65.0 cm³/mol. The van der Waals surface area contributed by atoms with Gasteiger partial charge in [0.25, 0.3) is 0 Å². The molecule has 2 heteroatoms. The minimum Gasteiger partial charge on any atom is -0.300 e. The molecule has 0 N–H and O–H groups in total. The average Bonchev–Trinajstić information content (AvgIpc) is 2.26. The molecule has 0 saturated heterocycles. The lowest BCUT2D eigenvalue weighted by molar-refractivity contribution is 0.295. The van der Waals surface area contributed by atoms with Crippen LogP contribution in [0.25, 0.3) is 0 Å². The lowest BCUT2D eigenvalue weighted by Crippen LogP contribution is -2.22. The van der Waals surface area contributed by atoms with Crippen molar-refractivity contribution >= 4 is 0 Å². The molecule has 1 aromatic heterocycles. The Balaban J connectivity index is 2.63. The highest BCUT2D eigenvalue weighted by atomic mass is 15.1. The van der Waals surface area contributed by atoms with Gasteiger partial charge in [-0.25, -0.2) is 0 Å². The van der Waals surface area contributed by atoms with Crippen LogP contribution in [0, 0.1) is 0 Å². The molecule has 0 atom stereocenters. The molecule has 0 aliphatic heterocycles. The first-order chi connectivity index (χ1) is 7.17. The fourth-order valence-electron chi connectivity index (χ4n) is 1.58. The fourth-order valence-corrected chi connectivity index (χ4v) is 1.58. The first kappa shape index (κ1) is 12.2. The molecule has 0 radical (unpaired) electrons. The highest BCUT2D eigenvalue weighted by molar-refractivity contribution is 5.15. The predicted octanol–water partition coefficient (Wildman–Crippen LogP) is 3.05. The van der Waals surface area contributed by atoms with E-state index in [1.165, 1.54) is 11.3 Å². The summed E-state index contributed by atoms with van der Waals surface area (Å²) in [5.41, 5.74) is 2.49. The Labute approximate surface area is 93.3 Å². The van der Waals surface area contributed by atoms with E-state index in [0.717, 1.165) is 19.6 Å². The van der Waals surface area contributed by atoms with E-state index in [1.54, 1.807) is 0 Å². The van der Waals surface area contributed by atoms with Gasteiger partial charge in [-0.1, -0.05) is 33.8 Å². The molecule has 15 heavy (non-hydrogen) atoms. The quantitative estimate of drug-likeness (QED) is 0.736. The number of hydrogen-bond donors (Lipinski definition) is 0. The van der Waals surface area contributed by atoms with Gasteiger partial charge in [-0.2, -0.15) is 0 Å². The maximum atomic E-state index is 4.47. The molecular formula is C13H22N2. The third-order valence-electron chi connectivity index (χ3n) is 2.74. The van der Waals surface area contributed by atoms with Crippen molar-refractivity contribution in [2.24, 2.45) is 0 Å². The smallest absolute Gasteiger partial charge is 0.0429 e. The van der Waals surface area contributed by atoms with Crippen molar-refractivity contribution in [3.05, 3.63) is 29.6 Å². The summed E-state index contributed by atoms with van der Waals surface area (Å²) in [6, 6.07) is 4.34. The second kappa shape index (κ2) is 5.86. The maximum absolute atomic E-state index is 4.47. The molecule has 0 aromatic carbocycles. The molecule has 0 unspecified atom stereocenters. The summed E-state index contributed by atoms with van der Waals surface area (Å²) in [5, 5.41) is 0. The largest absolute Gasteiger partial charge is 0.300 e. The molecule has 1 heterocycles. The number of rotatable bonds is 5. The van der Waals surface area contributed by atoms with Gasteiger partial charge in [0.1, 0.15) is 0 Å². The van der Waals surface area contributed by atoms with E-state index in [2.05, 4.69) is 49.7 Å². The van der Waals surface area contributed by atoms with Crippen molar-refractivity contribution in [3.8, 4) is 0 Å². The van der Waals surface area contributed by atoms with Gasteiger partial charge in [0.15, 0.2) is 0 Å². The van der Waals surface area contributed by atoms with Crippen LogP contribution in [0.5, 0.6) is 0 Å². The Bertz CT molecular complexity index is 273. The molecule has 0 saturated carbocycles. The van der Waals surface area contributed by atoms with Crippen molar-refractivity contribution in [3.63, 3.8) is 0 Å². The van der Waals surface area contributed by atoms with E-state index in [0.29, 0.717) is 5.92 Å². The Hall–Kier alpha value is -0.890. The van der Waals surface area contributed by atoms with Crippen LogP contribution in [0.2, 0.25) is 0 Å². The molecule has 2 nitrogen and oxygen atoms in total. The van der Waals surface area contributed by atoms with E-state index in [1.807, 2.05) is 6.20 Å². The minimum atomic E-state index is 0.521. The number of hydrogen-bond acceptors (Lipinski definition) is 2. The molecule has 0 aliphatic carbocycles. The Morgan fingerprint density at radius 1 is 1.20 bits per heavy atom. The number of aromatic nitrogens is 1. The highest BCUT2D eigenvalue weighted by Crippen LogP contribution is 2.12. The van der Waals surface area contributed by atoms with Crippen molar-refractivity contribution < 1.29 is 0 Å². The average molecular weight is 206 g/mol. The molecule has 0 amide bonds. The van der Waals surface area contributed by atoms with Gasteiger partial charge in [0, 0.05) is 18.4 Å². The number of pyridine rings is 1. The molecular weight excluding hydrogens is 184 g/mol. The zero-order chi connectivity index (χ0) is 11.3. The van der Waals surface area contributed by atoms with E-state index >= 15 is 0 Å². The van der Waals surface area contributed by atoms with Crippen molar-refractivity contribution in [2.45, 2.75) is 40.2 Å². The molecule has 0 fully saturated rings. The monoisotopic (exact) mass is 206 g/mol. The molecule has 0 aliphatic rings. The van der Waals surface area contributed by atoms with Crippen LogP contribution in [0.4, 0.5) is 0 Å². The summed E-state index contributed by atoms with van der Waals surface area (Å²) >= 11 is 0. The summed E-state index contributed by atoms with van der Waals surface area (Å²) in [6.07, 6.45) is 2.01. The summed E-state index contributed by atoms with van der Waals surface area (Å²) in [4.78, 5) is 6.87. The van der Waals surface area contributed by atoms with Gasteiger partial charge >= 0.3 is 0 Å². The fraction of sp³-hybridized carbons (Fsp3) is 0.615. The zero-order valence-corrected chi connectivity index (χ0v) is 10.3. The van der Waals surface area contributed by atoms with Crippen molar-refractivity contribution in [2.75, 3.05) is 13.1 Å². The van der Waals surface area contributed by atoms with Gasteiger partial charge in [-0.05, 0) is 30.6 Å². The van der Waals surface area contributed by atoms with Gasteiger partial charge in [0.05, 0.1) is 0 Å². The summed E-state index contributed by atoms with van der Waals surface area (Å²) in [7, 11) is 0. The van der Waals surface area contributed by atoms with Crippen LogP contribution in [-0.2, 0) is 6.54 Å². The van der Waals surface area contributed by atoms with E-state index in [9.17, 15) is 0 Å². The zero-order valence-electron chi connectivity index (χ0n) is 10.3. The summed E-state index contributed by atoms with van der Waals surface area (Å²) in [5.74, 6) is 0.521. The molecule has 1 rings (SSSR count). The Kier molecular flexibility index (Phi) is 4.76. The van der Waals surface area contributed by atoms with Crippen molar-refractivity contribution in [1.82, 2.24) is 9.88 Å². The van der Waals surface area contributed by atoms with Crippen LogP contribution in [0.15, 0.2) is 18.3 Å². The molecule has 0 spiro atoms. The summed E-state index contributed by atoms with van der Waals surface area (Å²) < 4.78 is 0. The second-order valence-electron chi connectivity index (χ2n) is 4.21. The lowest BCUT2D eigenvalue weighted by atomic mass is 10.1. The van der Waals surface area contributed by atoms with Gasteiger partial charge < -0.3 is 0 Å². The molecule has 0 bridgehead atoms. The summed E-state index contributed by atoms with van der Waals surface area (Å²) in [6.45, 7) is 11.9. The van der Waals surface area contributed by atoms with E-state index < -0.39 is 0 Å². The van der Waals surface area contributed by atoms with Crippen LogP contribution in [-0.4, -0.2) is 23.0 Å². The van der Waals surface area contributed by atoms with Crippen LogP contribution in [0.3, 0.4) is 0 Å². The second-order valence-corrected chi connectivity index (χ2v) is 4.21. The van der Waals surface area contributed by atoms with Crippen LogP contribution in [0.1, 0.15) is 44.9 Å². The van der Waals surface area contributed by atoms with Crippen molar-refractivity contribution in [1.29, 1.82) is 0 Å². The minimum absolute atomic E-state index is 0.521. The van der Waals surface area contributed by atoms with Crippen LogP contribution >= 0.6 is 0 Å². The lowest BCUT2D eigenvalue weighted by Gasteiger charge is -2.17. The molecule has 1 aromatic rings. The Morgan fingerprint density at radius 2 is 1.87 bits per heavy atom. The topological polar surface area (TPSA) is 16.1 Å². The third kappa shape index (κ3) is 3.63. The first-order valence-corrected chi connectivity index (χ1v) is 5.84. The van der Waals surface area contributed by atoms with Gasteiger partial charge in [0.2, 0.25) is 0 Å².